The van der Waals surface area contributed by atoms with E-state index in [9.17, 15) is 12.8 Å². The summed E-state index contributed by atoms with van der Waals surface area (Å²) in [6.45, 7) is 3.68. The van der Waals surface area contributed by atoms with Crippen molar-refractivity contribution in [2.24, 2.45) is 0 Å². The Morgan fingerprint density at radius 2 is 2.00 bits per heavy atom. The molecular weight excluding hydrogens is 241 g/mol. The van der Waals surface area contributed by atoms with E-state index in [1.54, 1.807) is 13.0 Å². The van der Waals surface area contributed by atoms with E-state index in [4.69, 9.17) is 0 Å². The van der Waals surface area contributed by atoms with Gasteiger partial charge in [-0.2, -0.15) is 0 Å². The Balaban J connectivity index is 2.63. The molecule has 0 aromatic heterocycles. The van der Waals surface area contributed by atoms with Crippen LogP contribution < -0.4 is 5.32 Å². The summed E-state index contributed by atoms with van der Waals surface area (Å²) < 4.78 is 35.2. The van der Waals surface area contributed by atoms with Crippen LogP contribution in [0.15, 0.2) is 24.3 Å². The van der Waals surface area contributed by atoms with Gasteiger partial charge in [-0.15, -0.1) is 0 Å². The molecular formula is C12H18FNO2S. The van der Waals surface area contributed by atoms with E-state index in [1.165, 1.54) is 18.4 Å². The van der Waals surface area contributed by atoms with Crippen molar-refractivity contribution in [1.29, 1.82) is 0 Å². The molecule has 1 aromatic rings. The molecule has 0 fully saturated rings. The van der Waals surface area contributed by atoms with Crippen molar-refractivity contribution in [2.75, 3.05) is 12.0 Å². The van der Waals surface area contributed by atoms with Crippen LogP contribution in [0.4, 0.5) is 4.39 Å². The Kier molecular flexibility index (Phi) is 4.65. The molecule has 1 rings (SSSR count). The number of benzene rings is 1. The third kappa shape index (κ3) is 5.28. The van der Waals surface area contributed by atoms with Crippen LogP contribution in [-0.4, -0.2) is 26.5 Å². The van der Waals surface area contributed by atoms with Gasteiger partial charge in [0.2, 0.25) is 0 Å². The van der Waals surface area contributed by atoms with Gasteiger partial charge in [0, 0.05) is 18.3 Å². The maximum absolute atomic E-state index is 13.0. The molecule has 17 heavy (non-hydrogen) atoms. The van der Waals surface area contributed by atoms with Crippen molar-refractivity contribution in [1.82, 2.24) is 5.32 Å². The SMILES string of the molecule is CC(CS(C)(=O)=O)NC(C)c1cccc(F)c1. The number of nitrogens with one attached hydrogen (secondary N) is 1. The molecule has 0 aliphatic heterocycles. The van der Waals surface area contributed by atoms with Gasteiger partial charge in [-0.25, -0.2) is 12.8 Å². The maximum Gasteiger partial charge on any atom is 0.148 e. The Hall–Kier alpha value is -0.940. The first-order valence-electron chi connectivity index (χ1n) is 5.47. The highest BCUT2D eigenvalue weighted by Gasteiger charge is 2.14. The lowest BCUT2D eigenvalue weighted by molar-refractivity contribution is 0.498. The van der Waals surface area contributed by atoms with Gasteiger partial charge in [-0.3, -0.25) is 0 Å². The van der Waals surface area contributed by atoms with Crippen LogP contribution >= 0.6 is 0 Å². The molecule has 0 spiro atoms. The maximum atomic E-state index is 13.0. The Labute approximate surface area is 102 Å². The van der Waals surface area contributed by atoms with Gasteiger partial charge < -0.3 is 5.32 Å². The Bertz CT molecular complexity index is 473. The largest absolute Gasteiger partial charge is 0.307 e. The number of hydrogen-bond donors (Lipinski definition) is 1. The molecule has 0 saturated heterocycles. The molecule has 1 N–H and O–H groups in total. The molecule has 0 saturated carbocycles. The van der Waals surface area contributed by atoms with Crippen LogP contribution in [0.5, 0.6) is 0 Å². The number of halogens is 1. The minimum absolute atomic E-state index is 0.0760. The van der Waals surface area contributed by atoms with Gasteiger partial charge >= 0.3 is 0 Å². The van der Waals surface area contributed by atoms with Crippen molar-refractivity contribution >= 4 is 9.84 Å². The molecule has 0 aliphatic rings. The van der Waals surface area contributed by atoms with Crippen molar-refractivity contribution < 1.29 is 12.8 Å². The first-order valence-corrected chi connectivity index (χ1v) is 7.53. The third-order valence-electron chi connectivity index (χ3n) is 2.44. The molecule has 0 aliphatic carbocycles. The average Bonchev–Trinajstić information content (AvgIpc) is 2.14. The van der Waals surface area contributed by atoms with Crippen LogP contribution in [0, 0.1) is 5.82 Å². The molecule has 0 heterocycles. The lowest BCUT2D eigenvalue weighted by Crippen LogP contribution is -2.34. The fraction of sp³-hybridized carbons (Fsp3) is 0.500. The number of sulfone groups is 1. The smallest absolute Gasteiger partial charge is 0.148 e. The first kappa shape index (κ1) is 14.1. The van der Waals surface area contributed by atoms with E-state index in [0.29, 0.717) is 0 Å². The van der Waals surface area contributed by atoms with Crippen molar-refractivity contribution in [3.05, 3.63) is 35.6 Å². The quantitative estimate of drug-likeness (QED) is 0.878. The fourth-order valence-corrected chi connectivity index (χ4v) is 2.81. The highest BCUT2D eigenvalue weighted by Crippen LogP contribution is 2.14. The number of rotatable bonds is 5. The van der Waals surface area contributed by atoms with Gasteiger partial charge in [0.1, 0.15) is 15.7 Å². The normalized spacial score (nSPS) is 15.5. The predicted molar refractivity (Wildman–Crippen MR) is 67.1 cm³/mol. The van der Waals surface area contributed by atoms with Crippen molar-refractivity contribution in [3.63, 3.8) is 0 Å². The van der Waals surface area contributed by atoms with Crippen LogP contribution in [0.2, 0.25) is 0 Å². The predicted octanol–water partition coefficient (Wildman–Crippen LogP) is 1.91. The van der Waals surface area contributed by atoms with Crippen LogP contribution in [0.25, 0.3) is 0 Å². The second kappa shape index (κ2) is 5.60. The van der Waals surface area contributed by atoms with Crippen LogP contribution in [-0.2, 0) is 9.84 Å². The molecule has 0 bridgehead atoms. The van der Waals surface area contributed by atoms with E-state index < -0.39 is 9.84 Å². The zero-order valence-corrected chi connectivity index (χ0v) is 11.1. The van der Waals surface area contributed by atoms with Crippen LogP contribution in [0.3, 0.4) is 0 Å². The summed E-state index contributed by atoms with van der Waals surface area (Å²) in [5.74, 6) is -0.209. The average molecular weight is 259 g/mol. The van der Waals surface area contributed by atoms with Gasteiger partial charge in [0.25, 0.3) is 0 Å². The van der Waals surface area contributed by atoms with Crippen molar-refractivity contribution in [2.45, 2.75) is 25.9 Å². The Morgan fingerprint density at radius 1 is 1.35 bits per heavy atom. The van der Waals surface area contributed by atoms with Gasteiger partial charge in [0.15, 0.2) is 0 Å². The summed E-state index contributed by atoms with van der Waals surface area (Å²) in [6.07, 6.45) is 1.21. The highest BCUT2D eigenvalue weighted by atomic mass is 32.2. The molecule has 96 valence electrons. The van der Waals surface area contributed by atoms with Gasteiger partial charge in [0.05, 0.1) is 5.75 Å². The minimum atomic E-state index is -3.00. The fourth-order valence-electron chi connectivity index (χ4n) is 1.80. The third-order valence-corrected chi connectivity index (χ3v) is 3.54. The highest BCUT2D eigenvalue weighted by molar-refractivity contribution is 7.90. The lowest BCUT2D eigenvalue weighted by atomic mass is 10.1. The van der Waals surface area contributed by atoms with E-state index in [0.717, 1.165) is 5.56 Å². The second-order valence-electron chi connectivity index (χ2n) is 4.44. The monoisotopic (exact) mass is 259 g/mol. The summed E-state index contributed by atoms with van der Waals surface area (Å²) in [5, 5.41) is 3.13. The summed E-state index contributed by atoms with van der Waals surface area (Å²) in [6, 6.07) is 6.05. The standard InChI is InChI=1S/C12H18FNO2S/c1-9(8-17(3,15)16)14-10(2)11-5-4-6-12(13)7-11/h4-7,9-10,14H,8H2,1-3H3. The van der Waals surface area contributed by atoms with Crippen LogP contribution in [0.1, 0.15) is 25.5 Å². The summed E-state index contributed by atoms with van der Waals surface area (Å²) in [4.78, 5) is 0. The van der Waals surface area contributed by atoms with E-state index in [2.05, 4.69) is 5.32 Å². The molecule has 5 heteroatoms. The second-order valence-corrected chi connectivity index (χ2v) is 6.62. The molecule has 2 unspecified atom stereocenters. The summed E-state index contributed by atoms with van der Waals surface area (Å²) in [7, 11) is -3.00. The zero-order chi connectivity index (χ0) is 13.1. The van der Waals surface area contributed by atoms with Crippen molar-refractivity contribution in [3.8, 4) is 0 Å². The minimum Gasteiger partial charge on any atom is -0.307 e. The summed E-state index contributed by atoms with van der Waals surface area (Å²) >= 11 is 0. The lowest BCUT2D eigenvalue weighted by Gasteiger charge is -2.19. The number of hydrogen-bond acceptors (Lipinski definition) is 3. The van der Waals surface area contributed by atoms with Gasteiger partial charge in [-0.1, -0.05) is 12.1 Å². The Morgan fingerprint density at radius 3 is 2.53 bits per heavy atom. The van der Waals surface area contributed by atoms with E-state index in [-0.39, 0.29) is 23.7 Å². The van der Waals surface area contributed by atoms with E-state index in [1.807, 2.05) is 13.0 Å². The molecule has 0 radical (unpaired) electrons. The van der Waals surface area contributed by atoms with E-state index >= 15 is 0 Å². The molecule has 2 atom stereocenters. The first-order chi connectivity index (χ1) is 7.78. The zero-order valence-electron chi connectivity index (χ0n) is 10.3. The molecule has 1 aromatic carbocycles. The summed E-state index contributed by atoms with van der Waals surface area (Å²) in [5.41, 5.74) is 0.811. The van der Waals surface area contributed by atoms with Gasteiger partial charge in [-0.05, 0) is 31.5 Å². The molecule has 0 amide bonds. The molecule has 3 nitrogen and oxygen atoms in total. The topological polar surface area (TPSA) is 46.2 Å².